The average molecular weight is 355 g/mol. The molecule has 1 saturated heterocycles. The van der Waals surface area contributed by atoms with Crippen molar-refractivity contribution in [3.63, 3.8) is 0 Å². The molecule has 1 fully saturated rings. The number of fused-ring (bicyclic) bond motifs is 1. The average Bonchev–Trinajstić information content (AvgIpc) is 3.23. The lowest BCUT2D eigenvalue weighted by Crippen LogP contribution is -2.38. The number of methoxy groups -OCH3 is 1. The number of hydrogen-bond acceptors (Lipinski definition) is 6. The number of nitrogens with zero attached hydrogens (tertiary/aromatic N) is 6. The van der Waals surface area contributed by atoms with Crippen LogP contribution < -0.4 is 4.74 Å². The van der Waals surface area contributed by atoms with Crippen LogP contribution >= 0.6 is 0 Å². The molecule has 1 aliphatic heterocycles. The summed E-state index contributed by atoms with van der Waals surface area (Å²) in [4.78, 5) is 14.7. The van der Waals surface area contributed by atoms with Crippen LogP contribution in [0.4, 0.5) is 0 Å². The van der Waals surface area contributed by atoms with E-state index in [1.807, 2.05) is 24.8 Å². The van der Waals surface area contributed by atoms with Crippen molar-refractivity contribution in [3.8, 4) is 5.88 Å². The summed E-state index contributed by atoms with van der Waals surface area (Å²) >= 11 is 0. The first-order valence-corrected chi connectivity index (χ1v) is 8.65. The largest absolute Gasteiger partial charge is 0.480 e. The first kappa shape index (κ1) is 16.5. The molecule has 0 aliphatic carbocycles. The van der Waals surface area contributed by atoms with Crippen LogP contribution in [0.2, 0.25) is 0 Å². The lowest BCUT2D eigenvalue weighted by atomic mass is 9.95. The summed E-state index contributed by atoms with van der Waals surface area (Å²) in [5.41, 5.74) is 2.94. The van der Waals surface area contributed by atoms with Crippen LogP contribution in [0.5, 0.6) is 5.88 Å². The lowest BCUT2D eigenvalue weighted by Gasteiger charge is -2.31. The number of carbonyl (C=O) groups is 1. The Morgan fingerprint density at radius 3 is 2.65 bits per heavy atom. The molecule has 9 nitrogen and oxygen atoms in total. The standard InChI is InChI=1S/C17H21N7O2/c1-10-15(11(2)19-18-10)17(25)23-8-6-12(7-9-23)16-21-20-13-4-5-14(26-3)22-24(13)16/h4-5,12H,6-9H2,1-3H3,(H,18,19). The maximum Gasteiger partial charge on any atom is 0.257 e. The van der Waals surface area contributed by atoms with Gasteiger partial charge in [0.25, 0.3) is 5.91 Å². The molecule has 1 N–H and O–H groups in total. The minimum Gasteiger partial charge on any atom is -0.480 e. The third kappa shape index (κ3) is 2.69. The van der Waals surface area contributed by atoms with Crippen molar-refractivity contribution in [2.24, 2.45) is 0 Å². The van der Waals surface area contributed by atoms with Gasteiger partial charge in [0.05, 0.1) is 18.4 Å². The number of H-pyrrole nitrogens is 1. The SMILES string of the molecule is COc1ccc2nnc(C3CCN(C(=O)c4c(C)n[nH]c4C)CC3)n2n1. The fourth-order valence-corrected chi connectivity index (χ4v) is 3.52. The van der Waals surface area contributed by atoms with Crippen molar-refractivity contribution < 1.29 is 9.53 Å². The number of aromatic nitrogens is 6. The summed E-state index contributed by atoms with van der Waals surface area (Å²) in [6.07, 6.45) is 1.64. The molecule has 1 amide bonds. The highest BCUT2D eigenvalue weighted by Crippen LogP contribution is 2.28. The van der Waals surface area contributed by atoms with Gasteiger partial charge in [-0.05, 0) is 32.8 Å². The number of carbonyl (C=O) groups excluding carboxylic acids is 1. The van der Waals surface area contributed by atoms with Gasteiger partial charge in [-0.1, -0.05) is 0 Å². The third-order valence-electron chi connectivity index (χ3n) is 4.96. The van der Waals surface area contributed by atoms with Gasteiger partial charge in [0.15, 0.2) is 11.5 Å². The monoisotopic (exact) mass is 355 g/mol. The Hall–Kier alpha value is -2.97. The number of hydrogen-bond donors (Lipinski definition) is 1. The van der Waals surface area contributed by atoms with Gasteiger partial charge in [0.2, 0.25) is 5.88 Å². The zero-order chi connectivity index (χ0) is 18.3. The highest BCUT2D eigenvalue weighted by atomic mass is 16.5. The molecule has 0 radical (unpaired) electrons. The number of ether oxygens (including phenoxy) is 1. The molecular weight excluding hydrogens is 334 g/mol. The Morgan fingerprint density at radius 2 is 2.00 bits per heavy atom. The van der Waals surface area contributed by atoms with Crippen molar-refractivity contribution in [3.05, 3.63) is 34.9 Å². The van der Waals surface area contributed by atoms with Gasteiger partial charge in [0, 0.05) is 30.8 Å². The Bertz CT molecular complexity index is 934. The molecule has 4 rings (SSSR count). The number of piperidine rings is 1. The van der Waals surface area contributed by atoms with Crippen molar-refractivity contribution in [1.29, 1.82) is 0 Å². The summed E-state index contributed by atoms with van der Waals surface area (Å²) < 4.78 is 6.94. The number of likely N-dealkylation sites (tertiary alicyclic amines) is 1. The first-order chi connectivity index (χ1) is 12.6. The summed E-state index contributed by atoms with van der Waals surface area (Å²) in [5.74, 6) is 1.59. The molecule has 0 unspecified atom stereocenters. The van der Waals surface area contributed by atoms with E-state index in [0.29, 0.717) is 30.2 Å². The van der Waals surface area contributed by atoms with Crippen LogP contribution in [-0.4, -0.2) is 61.0 Å². The molecule has 26 heavy (non-hydrogen) atoms. The van der Waals surface area contributed by atoms with Crippen molar-refractivity contribution in [2.45, 2.75) is 32.6 Å². The number of rotatable bonds is 3. The predicted octanol–water partition coefficient (Wildman–Crippen LogP) is 1.49. The molecule has 0 aromatic carbocycles. The molecule has 3 aromatic rings. The fourth-order valence-electron chi connectivity index (χ4n) is 3.52. The van der Waals surface area contributed by atoms with E-state index in [0.717, 1.165) is 30.1 Å². The highest BCUT2D eigenvalue weighted by molar-refractivity contribution is 5.96. The molecule has 0 atom stereocenters. The van der Waals surface area contributed by atoms with E-state index in [1.54, 1.807) is 17.7 Å². The van der Waals surface area contributed by atoms with Gasteiger partial charge in [-0.15, -0.1) is 15.3 Å². The van der Waals surface area contributed by atoms with Gasteiger partial charge >= 0.3 is 0 Å². The molecular formula is C17H21N7O2. The van der Waals surface area contributed by atoms with Crippen molar-refractivity contribution in [1.82, 2.24) is 34.9 Å². The second-order valence-electron chi connectivity index (χ2n) is 6.58. The molecule has 0 saturated carbocycles. The minimum absolute atomic E-state index is 0.0399. The predicted molar refractivity (Wildman–Crippen MR) is 93.3 cm³/mol. The second-order valence-corrected chi connectivity index (χ2v) is 6.58. The number of aryl methyl sites for hydroxylation is 2. The molecule has 4 heterocycles. The Kier molecular flexibility index (Phi) is 4.06. The van der Waals surface area contributed by atoms with Gasteiger partial charge < -0.3 is 9.64 Å². The highest BCUT2D eigenvalue weighted by Gasteiger charge is 2.29. The van der Waals surface area contributed by atoms with Crippen LogP contribution in [0.3, 0.4) is 0 Å². The van der Waals surface area contributed by atoms with Crippen LogP contribution in [-0.2, 0) is 0 Å². The van der Waals surface area contributed by atoms with E-state index >= 15 is 0 Å². The normalized spacial score (nSPS) is 15.6. The summed E-state index contributed by atoms with van der Waals surface area (Å²) in [7, 11) is 1.59. The van der Waals surface area contributed by atoms with Crippen LogP contribution in [0.15, 0.2) is 12.1 Å². The van der Waals surface area contributed by atoms with Gasteiger partial charge in [-0.25, -0.2) is 0 Å². The summed E-state index contributed by atoms with van der Waals surface area (Å²) in [6, 6.07) is 3.61. The maximum atomic E-state index is 12.8. The maximum absolute atomic E-state index is 12.8. The van der Waals surface area contributed by atoms with Crippen LogP contribution in [0.25, 0.3) is 5.65 Å². The zero-order valence-electron chi connectivity index (χ0n) is 15.1. The first-order valence-electron chi connectivity index (χ1n) is 8.65. The number of nitrogens with one attached hydrogen (secondary N) is 1. The smallest absolute Gasteiger partial charge is 0.257 e. The zero-order valence-corrected chi connectivity index (χ0v) is 15.1. The van der Waals surface area contributed by atoms with E-state index < -0.39 is 0 Å². The molecule has 0 bridgehead atoms. The van der Waals surface area contributed by atoms with Gasteiger partial charge in [-0.3, -0.25) is 9.89 Å². The molecule has 9 heteroatoms. The Labute approximate surface area is 150 Å². The Balaban J connectivity index is 1.51. The quantitative estimate of drug-likeness (QED) is 0.764. The Morgan fingerprint density at radius 1 is 1.23 bits per heavy atom. The van der Waals surface area contributed by atoms with Crippen LogP contribution in [0.1, 0.15) is 46.3 Å². The van der Waals surface area contributed by atoms with E-state index in [-0.39, 0.29) is 11.8 Å². The second kappa shape index (κ2) is 6.40. The minimum atomic E-state index is 0.0399. The van der Waals surface area contributed by atoms with Crippen molar-refractivity contribution >= 4 is 11.6 Å². The molecule has 1 aliphatic rings. The van der Waals surface area contributed by atoms with E-state index in [2.05, 4.69) is 25.5 Å². The lowest BCUT2D eigenvalue weighted by molar-refractivity contribution is 0.0709. The van der Waals surface area contributed by atoms with E-state index in [1.165, 1.54) is 0 Å². The third-order valence-corrected chi connectivity index (χ3v) is 4.96. The van der Waals surface area contributed by atoms with Crippen molar-refractivity contribution in [2.75, 3.05) is 20.2 Å². The molecule has 3 aromatic heterocycles. The van der Waals surface area contributed by atoms with Gasteiger partial charge in [0.1, 0.15) is 0 Å². The van der Waals surface area contributed by atoms with Crippen LogP contribution in [0, 0.1) is 13.8 Å². The van der Waals surface area contributed by atoms with E-state index in [9.17, 15) is 4.79 Å². The topological polar surface area (TPSA) is 101 Å². The summed E-state index contributed by atoms with van der Waals surface area (Å²) in [6.45, 7) is 5.07. The summed E-state index contributed by atoms with van der Waals surface area (Å²) in [5, 5.41) is 19.9. The molecule has 0 spiro atoms. The van der Waals surface area contributed by atoms with E-state index in [4.69, 9.17) is 4.74 Å². The number of amides is 1. The van der Waals surface area contributed by atoms with Gasteiger partial charge in [-0.2, -0.15) is 9.61 Å². The number of aromatic amines is 1. The molecule has 136 valence electrons. The fraction of sp³-hybridized carbons (Fsp3) is 0.471.